The van der Waals surface area contributed by atoms with E-state index in [2.05, 4.69) is 10.3 Å². The van der Waals surface area contributed by atoms with Gasteiger partial charge in [-0.2, -0.15) is 4.98 Å². The summed E-state index contributed by atoms with van der Waals surface area (Å²) in [7, 11) is 1.46. The van der Waals surface area contributed by atoms with Crippen LogP contribution in [0.1, 0.15) is 13.3 Å². The summed E-state index contributed by atoms with van der Waals surface area (Å²) in [5.74, 6) is -0.0121. The van der Waals surface area contributed by atoms with Gasteiger partial charge in [0.15, 0.2) is 5.82 Å². The highest BCUT2D eigenvalue weighted by Gasteiger charge is 2.29. The molecule has 0 radical (unpaired) electrons. The number of carbonyl (C=O) groups excluding carboxylic acids is 1. The Morgan fingerprint density at radius 3 is 2.52 bits per heavy atom. The minimum Gasteiger partial charge on any atom is -0.481 e. The predicted octanol–water partition coefficient (Wildman–Crippen LogP) is 2.38. The number of anilines is 3. The van der Waals surface area contributed by atoms with Crippen molar-refractivity contribution in [2.75, 3.05) is 17.7 Å². The number of carbonyl (C=O) groups is 2. The maximum Gasteiger partial charge on any atom is 0.405 e. The molecule has 0 bridgehead atoms. The van der Waals surface area contributed by atoms with Crippen molar-refractivity contribution in [3.05, 3.63) is 42.5 Å². The zero-order chi connectivity index (χ0) is 18.4. The minimum absolute atomic E-state index is 0.182. The van der Waals surface area contributed by atoms with Gasteiger partial charge in [0, 0.05) is 6.07 Å². The molecule has 132 valence electrons. The lowest BCUT2D eigenvalue weighted by atomic mass is 10.1. The number of aromatic nitrogens is 1. The van der Waals surface area contributed by atoms with Gasteiger partial charge in [0.25, 0.3) is 5.91 Å². The number of ether oxygens (including phenoxy) is 1. The molecule has 0 aliphatic carbocycles. The number of nitrogens with zero attached hydrogens (tertiary/aromatic N) is 2. The maximum absolute atomic E-state index is 13.0. The van der Waals surface area contributed by atoms with Gasteiger partial charge in [0.05, 0.1) is 18.5 Å². The fraction of sp³-hybridized carbons (Fsp3) is 0.235. The predicted molar refractivity (Wildman–Crippen MR) is 94.0 cm³/mol. The first-order valence-corrected chi connectivity index (χ1v) is 7.67. The van der Waals surface area contributed by atoms with E-state index in [0.717, 1.165) is 0 Å². The lowest BCUT2D eigenvalue weighted by Crippen LogP contribution is -2.46. The van der Waals surface area contributed by atoms with Gasteiger partial charge in [0.1, 0.15) is 6.04 Å². The number of pyridine rings is 1. The van der Waals surface area contributed by atoms with Crippen LogP contribution in [-0.4, -0.2) is 35.2 Å². The number of hydrogen-bond donors (Lipinski definition) is 3. The number of para-hydroxylation sites is 1. The zero-order valence-corrected chi connectivity index (χ0v) is 14.0. The molecule has 0 saturated heterocycles. The second kappa shape index (κ2) is 8.00. The number of nitrogens with two attached hydrogens (primary N) is 1. The third kappa shape index (κ3) is 4.17. The molecule has 1 unspecified atom stereocenters. The van der Waals surface area contributed by atoms with Gasteiger partial charge in [-0.3, -0.25) is 9.69 Å². The topological polar surface area (TPSA) is 118 Å². The second-order valence-corrected chi connectivity index (χ2v) is 5.19. The first-order valence-electron chi connectivity index (χ1n) is 7.67. The average Bonchev–Trinajstić information content (AvgIpc) is 2.62. The van der Waals surface area contributed by atoms with Crippen molar-refractivity contribution in [1.29, 1.82) is 0 Å². The normalized spacial score (nSPS) is 11.4. The largest absolute Gasteiger partial charge is 0.481 e. The fourth-order valence-electron chi connectivity index (χ4n) is 2.31. The van der Waals surface area contributed by atoms with Crippen LogP contribution in [0.5, 0.6) is 5.88 Å². The Balaban J connectivity index is 2.55. The molecule has 1 atom stereocenters. The fourth-order valence-corrected chi connectivity index (χ4v) is 2.31. The highest BCUT2D eigenvalue weighted by molar-refractivity contribution is 6.05. The first-order chi connectivity index (χ1) is 12.0. The summed E-state index contributed by atoms with van der Waals surface area (Å²) < 4.78 is 5.11. The van der Waals surface area contributed by atoms with Crippen molar-refractivity contribution in [3.8, 4) is 5.88 Å². The van der Waals surface area contributed by atoms with Crippen molar-refractivity contribution in [1.82, 2.24) is 10.3 Å². The molecule has 25 heavy (non-hydrogen) atoms. The van der Waals surface area contributed by atoms with E-state index in [1.807, 2.05) is 0 Å². The Labute approximate surface area is 145 Å². The molecule has 2 aromatic rings. The van der Waals surface area contributed by atoms with Gasteiger partial charge in [-0.15, -0.1) is 0 Å². The lowest BCUT2D eigenvalue weighted by molar-refractivity contribution is -0.119. The van der Waals surface area contributed by atoms with E-state index in [4.69, 9.17) is 15.6 Å². The molecule has 0 fully saturated rings. The summed E-state index contributed by atoms with van der Waals surface area (Å²) in [5.41, 5.74) is 6.80. The van der Waals surface area contributed by atoms with Crippen LogP contribution in [0.25, 0.3) is 0 Å². The molecule has 8 nitrogen and oxygen atoms in total. The number of nitrogens with one attached hydrogen (secondary N) is 1. The van der Waals surface area contributed by atoms with Crippen LogP contribution in [0.3, 0.4) is 0 Å². The number of hydrogen-bond acceptors (Lipinski definition) is 5. The van der Waals surface area contributed by atoms with Crippen molar-refractivity contribution in [2.24, 2.45) is 0 Å². The molecule has 0 aliphatic rings. The second-order valence-electron chi connectivity index (χ2n) is 5.19. The highest BCUT2D eigenvalue weighted by Crippen LogP contribution is 2.31. The van der Waals surface area contributed by atoms with E-state index < -0.39 is 18.0 Å². The van der Waals surface area contributed by atoms with Crippen molar-refractivity contribution in [2.45, 2.75) is 19.4 Å². The minimum atomic E-state index is -1.28. The van der Waals surface area contributed by atoms with Gasteiger partial charge >= 0.3 is 6.09 Å². The van der Waals surface area contributed by atoms with E-state index >= 15 is 0 Å². The summed E-state index contributed by atoms with van der Waals surface area (Å²) in [6, 6.07) is 11.0. The van der Waals surface area contributed by atoms with Crippen molar-refractivity contribution >= 4 is 29.2 Å². The van der Waals surface area contributed by atoms with Gasteiger partial charge in [0.2, 0.25) is 5.88 Å². The van der Waals surface area contributed by atoms with Gasteiger partial charge in [-0.25, -0.2) is 4.79 Å². The van der Waals surface area contributed by atoms with Gasteiger partial charge < -0.3 is 20.9 Å². The summed E-state index contributed by atoms with van der Waals surface area (Å²) in [6.45, 7) is 1.71. The van der Waals surface area contributed by atoms with Crippen LogP contribution in [0.15, 0.2) is 42.5 Å². The Morgan fingerprint density at radius 1 is 1.28 bits per heavy atom. The standard InChI is InChI=1S/C17H20N4O4/c1-3-13(19-17(23)24)16(22)21(11-7-5-4-6-8-11)15-12(18)9-10-14(20-15)25-2/h4-10,13,19H,3,18H2,1-2H3,(H,23,24). The van der Waals surface area contributed by atoms with E-state index in [1.165, 1.54) is 12.0 Å². The molecule has 2 rings (SSSR count). The van der Waals surface area contributed by atoms with E-state index in [1.54, 1.807) is 49.4 Å². The number of benzene rings is 1. The van der Waals surface area contributed by atoms with Crippen LogP contribution >= 0.6 is 0 Å². The molecule has 1 aromatic carbocycles. The third-order valence-corrected chi connectivity index (χ3v) is 3.54. The van der Waals surface area contributed by atoms with Crippen LogP contribution in [0.4, 0.5) is 22.0 Å². The zero-order valence-electron chi connectivity index (χ0n) is 14.0. The highest BCUT2D eigenvalue weighted by atomic mass is 16.5. The number of amides is 2. The number of methoxy groups -OCH3 is 1. The Bertz CT molecular complexity index is 752. The van der Waals surface area contributed by atoms with Crippen LogP contribution < -0.4 is 20.7 Å². The first kappa shape index (κ1) is 18.1. The quantitative estimate of drug-likeness (QED) is 0.740. The number of nitrogen functional groups attached to an aromatic ring is 1. The molecule has 1 heterocycles. The number of carboxylic acid groups (broad SMARTS) is 1. The van der Waals surface area contributed by atoms with Crippen molar-refractivity contribution < 1.29 is 19.4 Å². The van der Waals surface area contributed by atoms with Crippen LogP contribution in [0.2, 0.25) is 0 Å². The molecule has 0 spiro atoms. The van der Waals surface area contributed by atoms with Gasteiger partial charge in [-0.1, -0.05) is 25.1 Å². The molecular formula is C17H20N4O4. The van der Waals surface area contributed by atoms with Crippen LogP contribution in [0, 0.1) is 0 Å². The van der Waals surface area contributed by atoms with E-state index in [9.17, 15) is 9.59 Å². The lowest BCUT2D eigenvalue weighted by Gasteiger charge is -2.27. The molecule has 1 aromatic heterocycles. The molecule has 0 saturated carbocycles. The monoisotopic (exact) mass is 344 g/mol. The van der Waals surface area contributed by atoms with Crippen molar-refractivity contribution in [3.63, 3.8) is 0 Å². The van der Waals surface area contributed by atoms with E-state index in [0.29, 0.717) is 5.69 Å². The summed E-state index contributed by atoms with van der Waals surface area (Å²) in [6.07, 6.45) is -1.00. The summed E-state index contributed by atoms with van der Waals surface area (Å²) in [4.78, 5) is 29.6. The third-order valence-electron chi connectivity index (χ3n) is 3.54. The molecule has 4 N–H and O–H groups in total. The number of rotatable bonds is 6. The molecular weight excluding hydrogens is 324 g/mol. The smallest absolute Gasteiger partial charge is 0.405 e. The maximum atomic E-state index is 13.0. The Kier molecular flexibility index (Phi) is 5.78. The Morgan fingerprint density at radius 2 is 1.96 bits per heavy atom. The molecule has 2 amide bonds. The van der Waals surface area contributed by atoms with Crippen LogP contribution in [-0.2, 0) is 4.79 Å². The average molecular weight is 344 g/mol. The van der Waals surface area contributed by atoms with Gasteiger partial charge in [-0.05, 0) is 24.6 Å². The van der Waals surface area contributed by atoms with E-state index in [-0.39, 0.29) is 23.8 Å². The summed E-state index contributed by atoms with van der Waals surface area (Å²) >= 11 is 0. The summed E-state index contributed by atoms with van der Waals surface area (Å²) in [5, 5.41) is 11.2. The Hall–Kier alpha value is -3.29. The molecule has 8 heteroatoms. The SMILES string of the molecule is CCC(NC(=O)O)C(=O)N(c1ccccc1)c1nc(OC)ccc1N. The molecule has 0 aliphatic heterocycles.